The molecule has 1 aromatic carbocycles. The van der Waals surface area contributed by atoms with Gasteiger partial charge >= 0.3 is 0 Å². The predicted molar refractivity (Wildman–Crippen MR) is 78.3 cm³/mol. The molecule has 106 valence electrons. The topological polar surface area (TPSA) is 41.5 Å². The van der Waals surface area contributed by atoms with Crippen LogP contribution in [0.25, 0.3) is 0 Å². The number of aryl methyl sites for hydroxylation is 1. The van der Waals surface area contributed by atoms with E-state index < -0.39 is 0 Å². The molecule has 0 aromatic heterocycles. The van der Waals surface area contributed by atoms with Crippen molar-refractivity contribution < 1.29 is 9.84 Å². The van der Waals surface area contributed by atoms with E-state index in [0.29, 0.717) is 16.7 Å². The van der Waals surface area contributed by atoms with E-state index in [9.17, 15) is 5.11 Å². The zero-order chi connectivity index (χ0) is 13.8. The van der Waals surface area contributed by atoms with Gasteiger partial charge in [0.15, 0.2) is 11.5 Å². The minimum absolute atomic E-state index is 0.211. The van der Waals surface area contributed by atoms with Crippen LogP contribution in [0.1, 0.15) is 30.9 Å². The van der Waals surface area contributed by atoms with E-state index in [2.05, 4.69) is 12.2 Å². The van der Waals surface area contributed by atoms with Crippen molar-refractivity contribution in [3.8, 4) is 11.5 Å². The van der Waals surface area contributed by atoms with E-state index >= 15 is 0 Å². The Morgan fingerprint density at radius 1 is 1.42 bits per heavy atom. The molecular weight excluding hydrogens is 262 g/mol. The number of rotatable bonds is 4. The number of phenolic OH excluding ortho intramolecular Hbond substituents is 1. The average molecular weight is 284 g/mol. The number of hydrogen-bond acceptors (Lipinski definition) is 3. The van der Waals surface area contributed by atoms with Crippen LogP contribution in [-0.2, 0) is 12.8 Å². The Kier molecular flexibility index (Phi) is 4.94. The Labute approximate surface area is 119 Å². The Balaban J connectivity index is 2.31. The summed E-state index contributed by atoms with van der Waals surface area (Å²) < 4.78 is 5.25. The van der Waals surface area contributed by atoms with Crippen molar-refractivity contribution in [3.05, 3.63) is 22.2 Å². The van der Waals surface area contributed by atoms with Crippen LogP contribution in [-0.4, -0.2) is 25.3 Å². The van der Waals surface area contributed by atoms with Gasteiger partial charge in [-0.25, -0.2) is 0 Å². The molecule has 0 unspecified atom stereocenters. The first-order valence-corrected chi connectivity index (χ1v) is 7.33. The van der Waals surface area contributed by atoms with Crippen molar-refractivity contribution >= 4 is 11.6 Å². The highest BCUT2D eigenvalue weighted by atomic mass is 35.5. The van der Waals surface area contributed by atoms with Crippen molar-refractivity contribution in [2.24, 2.45) is 5.92 Å². The van der Waals surface area contributed by atoms with Crippen LogP contribution in [0, 0.1) is 5.92 Å². The van der Waals surface area contributed by atoms with Gasteiger partial charge in [-0.1, -0.05) is 18.5 Å². The second kappa shape index (κ2) is 6.49. The normalized spacial score (nSPS) is 16.6. The predicted octanol–water partition coefficient (Wildman–Crippen LogP) is 3.16. The second-order valence-electron chi connectivity index (χ2n) is 5.13. The average Bonchev–Trinajstić information content (AvgIpc) is 2.45. The molecule has 0 amide bonds. The van der Waals surface area contributed by atoms with E-state index in [0.717, 1.165) is 49.9 Å². The Morgan fingerprint density at radius 3 is 2.68 bits per heavy atom. The third-order valence-corrected chi connectivity index (χ3v) is 4.39. The molecule has 0 atom stereocenters. The number of benzene rings is 1. The van der Waals surface area contributed by atoms with Crippen molar-refractivity contribution in [3.63, 3.8) is 0 Å². The van der Waals surface area contributed by atoms with Gasteiger partial charge in [0.1, 0.15) is 0 Å². The molecule has 3 nitrogen and oxygen atoms in total. The zero-order valence-electron chi connectivity index (χ0n) is 11.6. The summed E-state index contributed by atoms with van der Waals surface area (Å²) in [7, 11) is 1.58. The van der Waals surface area contributed by atoms with Crippen LogP contribution in [0.15, 0.2) is 6.07 Å². The Bertz CT molecular complexity index is 414. The summed E-state index contributed by atoms with van der Waals surface area (Å²) in [5, 5.41) is 14.4. The van der Waals surface area contributed by atoms with Crippen LogP contribution < -0.4 is 10.1 Å². The van der Waals surface area contributed by atoms with Gasteiger partial charge in [0.2, 0.25) is 0 Å². The maximum atomic E-state index is 10.3. The smallest absolute Gasteiger partial charge is 0.162 e. The van der Waals surface area contributed by atoms with Gasteiger partial charge in [-0.2, -0.15) is 0 Å². The lowest BCUT2D eigenvalue weighted by Crippen LogP contribution is -2.28. The summed E-state index contributed by atoms with van der Waals surface area (Å²) in [4.78, 5) is 0. The summed E-state index contributed by atoms with van der Waals surface area (Å²) >= 11 is 6.43. The van der Waals surface area contributed by atoms with Gasteiger partial charge in [0.25, 0.3) is 0 Å². The molecule has 2 rings (SSSR count). The molecule has 0 saturated carbocycles. The molecule has 1 aromatic rings. The maximum Gasteiger partial charge on any atom is 0.162 e. The van der Waals surface area contributed by atoms with Crippen molar-refractivity contribution in [2.45, 2.75) is 32.6 Å². The summed E-state index contributed by atoms with van der Waals surface area (Å²) in [6.45, 7) is 4.16. The number of aromatic hydroxyl groups is 1. The summed E-state index contributed by atoms with van der Waals surface area (Å²) in [6, 6.07) is 1.84. The van der Waals surface area contributed by atoms with E-state index in [4.69, 9.17) is 16.3 Å². The molecular formula is C15H22ClNO2. The fraction of sp³-hybridized carbons (Fsp3) is 0.600. The van der Waals surface area contributed by atoms with E-state index in [1.165, 1.54) is 0 Å². The van der Waals surface area contributed by atoms with Crippen LogP contribution in [0.5, 0.6) is 11.5 Å². The van der Waals surface area contributed by atoms with E-state index in [1.54, 1.807) is 7.11 Å². The number of methoxy groups -OCH3 is 1. The summed E-state index contributed by atoms with van der Waals surface area (Å²) in [5.41, 5.74) is 1.89. The highest BCUT2D eigenvalue weighted by Crippen LogP contribution is 2.40. The first kappa shape index (κ1) is 14.5. The lowest BCUT2D eigenvalue weighted by Gasteiger charge is -2.24. The molecule has 19 heavy (non-hydrogen) atoms. The molecule has 1 aliphatic heterocycles. The third-order valence-electron chi connectivity index (χ3n) is 3.92. The third kappa shape index (κ3) is 3.15. The number of piperidine rings is 1. The highest BCUT2D eigenvalue weighted by molar-refractivity contribution is 6.32. The van der Waals surface area contributed by atoms with Crippen LogP contribution in [0.4, 0.5) is 0 Å². The number of phenols is 1. The fourth-order valence-electron chi connectivity index (χ4n) is 2.71. The quantitative estimate of drug-likeness (QED) is 0.892. The molecule has 0 radical (unpaired) electrons. The molecule has 1 fully saturated rings. The van der Waals surface area contributed by atoms with Crippen molar-refractivity contribution in [1.29, 1.82) is 0 Å². The van der Waals surface area contributed by atoms with Gasteiger partial charge in [-0.3, -0.25) is 0 Å². The number of ether oxygens (including phenoxy) is 1. The maximum absolute atomic E-state index is 10.3. The molecule has 1 heterocycles. The monoisotopic (exact) mass is 283 g/mol. The number of halogens is 1. The number of hydrogen-bond donors (Lipinski definition) is 2. The molecule has 0 spiro atoms. The molecule has 1 saturated heterocycles. The molecule has 0 aliphatic carbocycles. The minimum atomic E-state index is 0.211. The first-order valence-electron chi connectivity index (χ1n) is 6.95. The molecule has 0 bridgehead atoms. The second-order valence-corrected chi connectivity index (χ2v) is 5.51. The minimum Gasteiger partial charge on any atom is -0.504 e. The van der Waals surface area contributed by atoms with Crippen LogP contribution >= 0.6 is 11.6 Å². The summed E-state index contributed by atoms with van der Waals surface area (Å²) in [6.07, 6.45) is 3.94. The fourth-order valence-corrected chi connectivity index (χ4v) is 3.06. The van der Waals surface area contributed by atoms with Crippen LogP contribution in [0.3, 0.4) is 0 Å². The van der Waals surface area contributed by atoms with E-state index in [-0.39, 0.29) is 5.75 Å². The van der Waals surface area contributed by atoms with E-state index in [1.807, 2.05) is 6.07 Å². The summed E-state index contributed by atoms with van der Waals surface area (Å²) in [5.74, 6) is 1.33. The van der Waals surface area contributed by atoms with Gasteiger partial charge in [-0.05, 0) is 56.3 Å². The SMILES string of the molecule is CCc1cc(OC)c(O)c(CC2CCNCC2)c1Cl. The van der Waals surface area contributed by atoms with Crippen molar-refractivity contribution in [2.75, 3.05) is 20.2 Å². The standard InChI is InChI=1S/C15H22ClNO2/c1-3-11-9-13(19-2)15(18)12(14(11)16)8-10-4-6-17-7-5-10/h9-10,17-18H,3-8H2,1-2H3. The molecule has 2 N–H and O–H groups in total. The van der Waals surface area contributed by atoms with Gasteiger partial charge in [0, 0.05) is 5.56 Å². The molecule has 1 aliphatic rings. The number of nitrogens with one attached hydrogen (secondary N) is 1. The first-order chi connectivity index (χ1) is 9.17. The van der Waals surface area contributed by atoms with Crippen molar-refractivity contribution in [1.82, 2.24) is 5.32 Å². The van der Waals surface area contributed by atoms with Gasteiger partial charge in [-0.15, -0.1) is 0 Å². The molecule has 4 heteroatoms. The Morgan fingerprint density at radius 2 is 2.11 bits per heavy atom. The van der Waals surface area contributed by atoms with Gasteiger partial charge in [0.05, 0.1) is 12.1 Å². The zero-order valence-corrected chi connectivity index (χ0v) is 12.4. The van der Waals surface area contributed by atoms with Gasteiger partial charge < -0.3 is 15.2 Å². The lowest BCUT2D eigenvalue weighted by molar-refractivity contribution is 0.351. The lowest BCUT2D eigenvalue weighted by atomic mass is 9.89. The van der Waals surface area contributed by atoms with Crippen LogP contribution in [0.2, 0.25) is 5.02 Å². The largest absolute Gasteiger partial charge is 0.504 e. The highest BCUT2D eigenvalue weighted by Gasteiger charge is 2.21. The Hall–Kier alpha value is -0.930.